The molecule has 4 aromatic carbocycles. The summed E-state index contributed by atoms with van der Waals surface area (Å²) in [5, 5.41) is 10.9. The normalized spacial score (nSPS) is 28.0. The second-order valence-electron chi connectivity index (χ2n) is 15.9. The molecule has 2 amide bonds. The Morgan fingerprint density at radius 2 is 1.50 bits per heavy atom. The average molecular weight is 812 g/mol. The van der Waals surface area contributed by atoms with E-state index in [0.717, 1.165) is 25.2 Å². The Morgan fingerprint density at radius 3 is 2.18 bits per heavy atom. The number of allylic oxidation sites excluding steroid dienone is 4. The number of Topliss-reactive ketones (excluding diaryl/α,β-unsaturated/α-hetero) is 1. The zero-order valence-electron chi connectivity index (χ0n) is 31.1. The van der Waals surface area contributed by atoms with E-state index < -0.39 is 35.0 Å². The number of halogens is 1. The fourth-order valence-electron chi connectivity index (χ4n) is 10.7. The van der Waals surface area contributed by atoms with E-state index in [0.29, 0.717) is 46.0 Å². The number of nitrogens with zero attached hydrogens (tertiary/aromatic N) is 2. The van der Waals surface area contributed by atoms with E-state index in [1.54, 1.807) is 17.0 Å². The SMILES string of the molecule is COc1cc(C2C3=CCC4C(=O)N(C5CCN(Cc6ccccc6)CC5)C(=O)C4C3CC3C(=O)C(c4ccccc4)=CC(=O)C32c2ccccc2)cc(Br)c1O. The number of phenols is 1. The molecule has 3 fully saturated rings. The zero-order valence-corrected chi connectivity index (χ0v) is 32.7. The van der Waals surface area contributed by atoms with E-state index >= 15 is 9.59 Å². The number of rotatable bonds is 7. The van der Waals surface area contributed by atoms with Crippen molar-refractivity contribution in [3.8, 4) is 11.5 Å². The van der Waals surface area contributed by atoms with Gasteiger partial charge in [-0.15, -0.1) is 0 Å². The van der Waals surface area contributed by atoms with Gasteiger partial charge in [-0.1, -0.05) is 103 Å². The summed E-state index contributed by atoms with van der Waals surface area (Å²) >= 11 is 3.54. The number of fused-ring (bicyclic) bond motifs is 4. The number of carbonyl (C=O) groups excluding carboxylic acids is 4. The van der Waals surface area contributed by atoms with Crippen LogP contribution in [0.25, 0.3) is 5.57 Å². The standard InChI is InChI=1S/C47H43BrN2O6/c1-56-39-24-30(23-38(48)44(39)53)42-33-17-18-34-41(46(55)50(45(34)54)32-19-21-49(22-20-32)27-28-11-5-2-6-12-28)36(33)25-37-43(52)35(29-13-7-3-8-14-29)26-40(51)47(37,42)31-15-9-4-10-16-31/h2-17,23-24,26,32,34,36-37,41-42,53H,18-22,25,27H2,1H3. The maximum absolute atomic E-state index is 15.3. The first kappa shape index (κ1) is 36.5. The third-order valence-electron chi connectivity index (χ3n) is 13.2. The highest BCUT2D eigenvalue weighted by atomic mass is 79.9. The summed E-state index contributed by atoms with van der Waals surface area (Å²) in [5.41, 5.74) is 3.15. The number of ether oxygens (including phenoxy) is 1. The molecule has 0 aromatic heterocycles. The van der Waals surface area contributed by atoms with Crippen molar-refractivity contribution >= 4 is 44.9 Å². The van der Waals surface area contributed by atoms with Crippen LogP contribution < -0.4 is 4.74 Å². The summed E-state index contributed by atoms with van der Waals surface area (Å²) in [6.45, 7) is 2.39. The fourth-order valence-corrected chi connectivity index (χ4v) is 11.2. The zero-order chi connectivity index (χ0) is 38.7. The molecular formula is C47H43BrN2O6. The molecule has 6 atom stereocenters. The average Bonchev–Trinajstić information content (AvgIpc) is 3.49. The van der Waals surface area contributed by atoms with Gasteiger partial charge < -0.3 is 9.84 Å². The number of phenolic OH excluding ortho intramolecular Hbond substituents is 1. The van der Waals surface area contributed by atoms with E-state index in [4.69, 9.17) is 4.74 Å². The lowest BCUT2D eigenvalue weighted by Crippen LogP contribution is -2.58. The first-order valence-electron chi connectivity index (χ1n) is 19.5. The molecule has 0 radical (unpaired) electrons. The molecule has 5 aliphatic rings. The predicted molar refractivity (Wildman–Crippen MR) is 216 cm³/mol. The number of piperidine rings is 1. The van der Waals surface area contributed by atoms with Gasteiger partial charge in [0, 0.05) is 43.1 Å². The lowest BCUT2D eigenvalue weighted by Gasteiger charge is -2.55. The van der Waals surface area contributed by atoms with Crippen molar-refractivity contribution in [2.75, 3.05) is 20.2 Å². The van der Waals surface area contributed by atoms with Crippen molar-refractivity contribution in [2.45, 2.75) is 49.6 Å². The van der Waals surface area contributed by atoms with Crippen molar-refractivity contribution in [3.63, 3.8) is 0 Å². The van der Waals surface area contributed by atoms with Crippen LogP contribution in [0.1, 0.15) is 53.9 Å². The molecule has 9 rings (SSSR count). The predicted octanol–water partition coefficient (Wildman–Crippen LogP) is 7.65. The van der Waals surface area contributed by atoms with E-state index in [2.05, 4.69) is 39.0 Å². The largest absolute Gasteiger partial charge is 0.503 e. The van der Waals surface area contributed by atoms with Crippen LogP contribution in [0.4, 0.5) is 0 Å². The van der Waals surface area contributed by atoms with Crippen molar-refractivity contribution < 1.29 is 29.0 Å². The van der Waals surface area contributed by atoms with Crippen LogP contribution in [0, 0.1) is 23.7 Å². The van der Waals surface area contributed by atoms with E-state index in [-0.39, 0.29) is 47.3 Å². The first-order valence-corrected chi connectivity index (χ1v) is 20.3. The molecule has 2 heterocycles. The Kier molecular flexibility index (Phi) is 9.41. The minimum Gasteiger partial charge on any atom is -0.503 e. The summed E-state index contributed by atoms with van der Waals surface area (Å²) in [4.78, 5) is 63.8. The van der Waals surface area contributed by atoms with Crippen molar-refractivity contribution in [1.82, 2.24) is 9.80 Å². The minimum absolute atomic E-state index is 0.0778. The molecule has 2 saturated heterocycles. The van der Waals surface area contributed by atoms with Gasteiger partial charge in [-0.25, -0.2) is 0 Å². The van der Waals surface area contributed by atoms with Crippen LogP contribution in [0.2, 0.25) is 0 Å². The molecule has 284 valence electrons. The molecule has 3 aliphatic carbocycles. The molecule has 1 N–H and O–H groups in total. The van der Waals surface area contributed by atoms with Crippen molar-refractivity contribution in [2.24, 2.45) is 23.7 Å². The van der Waals surface area contributed by atoms with E-state index in [1.807, 2.05) is 78.9 Å². The maximum Gasteiger partial charge on any atom is 0.233 e. The molecule has 4 aromatic rings. The Hall–Kier alpha value is -5.12. The number of aromatic hydroxyl groups is 1. The van der Waals surface area contributed by atoms with Crippen LogP contribution in [-0.2, 0) is 31.1 Å². The lowest BCUT2D eigenvalue weighted by atomic mass is 9.44. The fraction of sp³-hybridized carbons (Fsp3) is 0.319. The van der Waals surface area contributed by atoms with Crippen molar-refractivity contribution in [1.29, 1.82) is 0 Å². The number of carbonyl (C=O) groups is 4. The Balaban J connectivity index is 1.15. The quantitative estimate of drug-likeness (QED) is 0.151. The number of ketones is 2. The number of hydrogen-bond acceptors (Lipinski definition) is 7. The molecule has 2 aliphatic heterocycles. The van der Waals surface area contributed by atoms with Crippen LogP contribution in [0.5, 0.6) is 11.5 Å². The van der Waals surface area contributed by atoms with E-state index in [9.17, 15) is 14.7 Å². The van der Waals surface area contributed by atoms with Gasteiger partial charge in [0.25, 0.3) is 0 Å². The molecule has 0 bridgehead atoms. The number of hydrogen-bond donors (Lipinski definition) is 1. The maximum atomic E-state index is 15.3. The van der Waals surface area contributed by atoms with Gasteiger partial charge in [0.2, 0.25) is 11.8 Å². The van der Waals surface area contributed by atoms with Crippen LogP contribution >= 0.6 is 15.9 Å². The van der Waals surface area contributed by atoms with Gasteiger partial charge in [0.1, 0.15) is 0 Å². The third kappa shape index (κ3) is 5.73. The highest BCUT2D eigenvalue weighted by Crippen LogP contribution is 2.64. The van der Waals surface area contributed by atoms with Gasteiger partial charge >= 0.3 is 0 Å². The molecule has 0 spiro atoms. The topological polar surface area (TPSA) is 104 Å². The second-order valence-corrected chi connectivity index (χ2v) is 16.7. The molecule has 6 unspecified atom stereocenters. The summed E-state index contributed by atoms with van der Waals surface area (Å²) in [6.07, 6.45) is 5.61. The van der Waals surface area contributed by atoms with Crippen LogP contribution in [0.15, 0.2) is 125 Å². The number of methoxy groups -OCH3 is 1. The molecule has 8 nitrogen and oxygen atoms in total. The molecule has 9 heteroatoms. The van der Waals surface area contributed by atoms with Gasteiger partial charge in [0.05, 0.1) is 28.8 Å². The van der Waals surface area contributed by atoms with E-state index in [1.165, 1.54) is 18.7 Å². The monoisotopic (exact) mass is 810 g/mol. The van der Waals surface area contributed by atoms with Crippen LogP contribution in [-0.4, -0.2) is 64.5 Å². The number of imide groups is 1. The number of likely N-dealkylation sites (tertiary alicyclic amines) is 2. The van der Waals surface area contributed by atoms with Gasteiger partial charge in [-0.2, -0.15) is 0 Å². The van der Waals surface area contributed by atoms with Gasteiger partial charge in [-0.3, -0.25) is 29.0 Å². The van der Waals surface area contributed by atoms with Gasteiger partial charge in [-0.05, 0) is 88.0 Å². The molecular weight excluding hydrogens is 768 g/mol. The Labute approximate surface area is 335 Å². The second kappa shape index (κ2) is 14.4. The number of benzene rings is 4. The first-order chi connectivity index (χ1) is 27.2. The Morgan fingerprint density at radius 1 is 0.839 bits per heavy atom. The Bertz CT molecular complexity index is 2280. The molecule has 56 heavy (non-hydrogen) atoms. The lowest BCUT2D eigenvalue weighted by molar-refractivity contribution is -0.144. The van der Waals surface area contributed by atoms with Crippen LogP contribution in [0.3, 0.4) is 0 Å². The number of amides is 2. The van der Waals surface area contributed by atoms with Gasteiger partial charge in [0.15, 0.2) is 23.1 Å². The summed E-state index contributed by atoms with van der Waals surface area (Å²) in [7, 11) is 1.48. The highest BCUT2D eigenvalue weighted by molar-refractivity contribution is 9.10. The smallest absolute Gasteiger partial charge is 0.233 e. The summed E-state index contributed by atoms with van der Waals surface area (Å²) < 4.78 is 6.03. The third-order valence-corrected chi connectivity index (χ3v) is 13.8. The van der Waals surface area contributed by atoms with Crippen molar-refractivity contribution in [3.05, 3.63) is 148 Å². The minimum atomic E-state index is -1.37. The summed E-state index contributed by atoms with van der Waals surface area (Å²) in [6, 6.07) is 32.5. The summed E-state index contributed by atoms with van der Waals surface area (Å²) in [5.74, 6) is -3.72. The molecule has 1 saturated carbocycles. The highest BCUT2D eigenvalue weighted by Gasteiger charge is 2.66.